The van der Waals surface area contributed by atoms with Gasteiger partial charge in [-0.3, -0.25) is 4.79 Å². The number of nitrogens with one attached hydrogen (secondary N) is 1. The van der Waals surface area contributed by atoms with Gasteiger partial charge in [0.1, 0.15) is 0 Å². The van der Waals surface area contributed by atoms with Crippen LogP contribution in [0.5, 0.6) is 0 Å². The van der Waals surface area contributed by atoms with Crippen molar-refractivity contribution in [2.45, 2.75) is 57.4 Å². The smallest absolute Gasteiger partial charge is 0.240 e. The van der Waals surface area contributed by atoms with E-state index in [9.17, 15) is 4.79 Å². The average Bonchev–Trinajstić information content (AvgIpc) is 2.90. The maximum Gasteiger partial charge on any atom is 0.240 e. The van der Waals surface area contributed by atoms with Gasteiger partial charge in [0.25, 0.3) is 0 Å². The molecular weight excluding hydrogens is 188 g/mol. The first-order valence-corrected chi connectivity index (χ1v) is 6.17. The molecule has 3 heteroatoms. The first kappa shape index (κ1) is 10.9. The Morgan fingerprint density at radius 3 is 2.33 bits per heavy atom. The normalized spacial score (nSPS) is 26.3. The first-order valence-electron chi connectivity index (χ1n) is 6.17. The number of carbonyl (C=O) groups excluding carboxylic acids is 1. The molecule has 0 saturated heterocycles. The summed E-state index contributed by atoms with van der Waals surface area (Å²) in [5.74, 6) is 0.0831. The molecule has 15 heavy (non-hydrogen) atoms. The number of carbonyl (C=O) groups is 1. The molecule has 0 heterocycles. The molecule has 1 amide bonds. The third kappa shape index (κ3) is 2.17. The quantitative estimate of drug-likeness (QED) is 0.740. The maximum absolute atomic E-state index is 11.9. The molecule has 3 N–H and O–H groups in total. The molecule has 3 nitrogen and oxygen atoms in total. The van der Waals surface area contributed by atoms with Crippen LogP contribution in [0.1, 0.15) is 51.9 Å². The highest BCUT2D eigenvalue weighted by Crippen LogP contribution is 2.47. The van der Waals surface area contributed by atoms with Crippen molar-refractivity contribution in [2.75, 3.05) is 6.54 Å². The Kier molecular flexibility index (Phi) is 2.75. The van der Waals surface area contributed by atoms with Crippen molar-refractivity contribution in [3.63, 3.8) is 0 Å². The molecule has 86 valence electrons. The van der Waals surface area contributed by atoms with Crippen LogP contribution >= 0.6 is 0 Å². The topological polar surface area (TPSA) is 55.1 Å². The van der Waals surface area contributed by atoms with Gasteiger partial charge in [-0.05, 0) is 37.5 Å². The van der Waals surface area contributed by atoms with Gasteiger partial charge in [-0.25, -0.2) is 0 Å². The van der Waals surface area contributed by atoms with Crippen molar-refractivity contribution in [3.05, 3.63) is 0 Å². The zero-order valence-corrected chi connectivity index (χ0v) is 9.64. The predicted octanol–water partition coefficient (Wildman–Crippen LogP) is 1.56. The molecule has 0 aromatic rings. The number of hydrogen-bond donors (Lipinski definition) is 2. The lowest BCUT2D eigenvalue weighted by atomic mass is 9.97. The largest absolute Gasteiger partial charge is 0.354 e. The maximum atomic E-state index is 11.9. The fourth-order valence-electron chi connectivity index (χ4n) is 2.51. The van der Waals surface area contributed by atoms with E-state index < -0.39 is 5.54 Å². The van der Waals surface area contributed by atoms with Crippen molar-refractivity contribution in [1.29, 1.82) is 0 Å². The Morgan fingerprint density at radius 2 is 1.87 bits per heavy atom. The number of amides is 1. The molecule has 0 aromatic carbocycles. The summed E-state index contributed by atoms with van der Waals surface area (Å²) in [7, 11) is 0. The van der Waals surface area contributed by atoms with Crippen LogP contribution in [0.2, 0.25) is 0 Å². The van der Waals surface area contributed by atoms with Gasteiger partial charge in [0.15, 0.2) is 0 Å². The van der Waals surface area contributed by atoms with Gasteiger partial charge in [0.2, 0.25) is 5.91 Å². The van der Waals surface area contributed by atoms with Crippen LogP contribution in [0.25, 0.3) is 0 Å². The van der Waals surface area contributed by atoms with Crippen LogP contribution in [0, 0.1) is 5.41 Å². The Bertz CT molecular complexity index is 252. The van der Waals surface area contributed by atoms with Gasteiger partial charge in [-0.1, -0.05) is 19.8 Å². The average molecular weight is 210 g/mol. The third-order valence-corrected chi connectivity index (χ3v) is 4.28. The van der Waals surface area contributed by atoms with Gasteiger partial charge in [-0.2, -0.15) is 0 Å². The van der Waals surface area contributed by atoms with Gasteiger partial charge in [0, 0.05) is 6.54 Å². The minimum absolute atomic E-state index is 0.0831. The molecule has 0 atom stereocenters. The SMILES string of the molecule is CCC1(CNC(=O)C2(N)CCCC2)CC1. The summed E-state index contributed by atoms with van der Waals surface area (Å²) in [4.78, 5) is 11.9. The van der Waals surface area contributed by atoms with Crippen LogP contribution in [-0.4, -0.2) is 18.0 Å². The molecule has 0 aromatic heterocycles. The zero-order valence-electron chi connectivity index (χ0n) is 9.64. The lowest BCUT2D eigenvalue weighted by Crippen LogP contribution is -2.52. The molecule has 0 radical (unpaired) electrons. The highest BCUT2D eigenvalue weighted by Gasteiger charge is 2.43. The summed E-state index contributed by atoms with van der Waals surface area (Å²) in [6.45, 7) is 3.04. The van der Waals surface area contributed by atoms with Gasteiger partial charge < -0.3 is 11.1 Å². The lowest BCUT2D eigenvalue weighted by molar-refractivity contribution is -0.126. The summed E-state index contributed by atoms with van der Waals surface area (Å²) < 4.78 is 0. The second-order valence-corrected chi connectivity index (χ2v) is 5.40. The summed E-state index contributed by atoms with van der Waals surface area (Å²) in [6, 6.07) is 0. The van der Waals surface area contributed by atoms with E-state index >= 15 is 0 Å². The molecule has 2 rings (SSSR count). The Hall–Kier alpha value is -0.570. The van der Waals surface area contributed by atoms with Crippen molar-refractivity contribution in [2.24, 2.45) is 11.1 Å². The van der Waals surface area contributed by atoms with E-state index in [-0.39, 0.29) is 5.91 Å². The molecule has 2 aliphatic rings. The molecule has 2 aliphatic carbocycles. The number of hydrogen-bond acceptors (Lipinski definition) is 2. The summed E-state index contributed by atoms with van der Waals surface area (Å²) in [6.07, 6.45) is 7.62. The highest BCUT2D eigenvalue weighted by atomic mass is 16.2. The summed E-state index contributed by atoms with van der Waals surface area (Å²) in [5.41, 5.74) is 5.95. The van der Waals surface area contributed by atoms with Crippen molar-refractivity contribution in [3.8, 4) is 0 Å². The van der Waals surface area contributed by atoms with Gasteiger partial charge in [0.05, 0.1) is 5.54 Å². The van der Waals surface area contributed by atoms with Crippen LogP contribution in [0.3, 0.4) is 0 Å². The fourth-order valence-corrected chi connectivity index (χ4v) is 2.51. The Balaban J connectivity index is 1.82. The minimum Gasteiger partial charge on any atom is -0.354 e. The van der Waals surface area contributed by atoms with Crippen molar-refractivity contribution < 1.29 is 4.79 Å². The van der Waals surface area contributed by atoms with Crippen LogP contribution in [0.4, 0.5) is 0 Å². The minimum atomic E-state index is -0.552. The number of rotatable bonds is 4. The Morgan fingerprint density at radius 1 is 1.27 bits per heavy atom. The van der Waals surface area contributed by atoms with E-state index in [4.69, 9.17) is 5.73 Å². The molecular formula is C12H22N2O. The molecule has 0 bridgehead atoms. The highest BCUT2D eigenvalue weighted by molar-refractivity contribution is 5.86. The third-order valence-electron chi connectivity index (χ3n) is 4.28. The first-order chi connectivity index (χ1) is 7.10. The van der Waals surface area contributed by atoms with E-state index in [1.807, 2.05) is 0 Å². The van der Waals surface area contributed by atoms with Crippen molar-refractivity contribution in [1.82, 2.24) is 5.32 Å². The van der Waals surface area contributed by atoms with E-state index in [1.165, 1.54) is 19.3 Å². The molecule has 0 spiro atoms. The number of nitrogens with two attached hydrogens (primary N) is 1. The van der Waals surface area contributed by atoms with Gasteiger partial charge in [-0.15, -0.1) is 0 Å². The molecule has 2 saturated carbocycles. The fraction of sp³-hybridized carbons (Fsp3) is 0.917. The Labute approximate surface area is 91.8 Å². The zero-order chi connectivity index (χ0) is 10.9. The van der Waals surface area contributed by atoms with Crippen LogP contribution < -0.4 is 11.1 Å². The van der Waals surface area contributed by atoms with E-state index in [2.05, 4.69) is 12.2 Å². The monoisotopic (exact) mass is 210 g/mol. The summed E-state index contributed by atoms with van der Waals surface area (Å²) >= 11 is 0. The van der Waals surface area contributed by atoms with Crippen molar-refractivity contribution >= 4 is 5.91 Å². The van der Waals surface area contributed by atoms with E-state index in [1.54, 1.807) is 0 Å². The predicted molar refractivity (Wildman–Crippen MR) is 60.4 cm³/mol. The lowest BCUT2D eigenvalue weighted by Gasteiger charge is -2.24. The molecule has 0 aliphatic heterocycles. The second-order valence-electron chi connectivity index (χ2n) is 5.40. The van der Waals surface area contributed by atoms with Gasteiger partial charge >= 0.3 is 0 Å². The molecule has 0 unspecified atom stereocenters. The van der Waals surface area contributed by atoms with E-state index in [0.29, 0.717) is 5.41 Å². The second kappa shape index (κ2) is 3.78. The standard InChI is InChI=1S/C12H22N2O/c1-2-11(7-8-11)9-14-10(15)12(13)5-3-4-6-12/h2-9,13H2,1H3,(H,14,15). The van der Waals surface area contributed by atoms with Crippen LogP contribution in [-0.2, 0) is 4.79 Å². The summed E-state index contributed by atoms with van der Waals surface area (Å²) in [5, 5.41) is 3.05. The van der Waals surface area contributed by atoms with Crippen LogP contribution in [0.15, 0.2) is 0 Å². The van der Waals surface area contributed by atoms with E-state index in [0.717, 1.165) is 32.2 Å². The molecule has 2 fully saturated rings.